The van der Waals surface area contributed by atoms with Crippen molar-refractivity contribution < 1.29 is 10.0 Å². The Labute approximate surface area is 183 Å². The van der Waals surface area contributed by atoms with Crippen molar-refractivity contribution in [3.8, 4) is 0 Å². The molecule has 4 rings (SSSR count). The molecule has 1 amide bonds. The van der Waals surface area contributed by atoms with Gasteiger partial charge in [0, 0.05) is 29.9 Å². The topological polar surface area (TPSA) is 52.6 Å². The predicted octanol–water partition coefficient (Wildman–Crippen LogP) is 5.23. The largest absolute Gasteiger partial charge is 0.367 e. The third-order valence-corrected chi connectivity index (χ3v) is 5.75. The van der Waals surface area contributed by atoms with E-state index in [4.69, 9.17) is 5.21 Å². The van der Waals surface area contributed by atoms with Crippen LogP contribution >= 0.6 is 0 Å². The molecule has 0 atom stereocenters. The molecule has 3 aromatic carbocycles. The van der Waals surface area contributed by atoms with Gasteiger partial charge in [0.2, 0.25) is 0 Å². The minimum absolute atomic E-state index is 0.451. The number of hydrogen-bond acceptors (Lipinski definition) is 3. The first-order valence-electron chi connectivity index (χ1n) is 10.4. The van der Waals surface area contributed by atoms with Crippen molar-refractivity contribution in [2.24, 2.45) is 0 Å². The highest BCUT2D eigenvalue weighted by molar-refractivity contribution is 5.93. The van der Waals surface area contributed by atoms with Crippen molar-refractivity contribution in [2.75, 3.05) is 6.54 Å². The van der Waals surface area contributed by atoms with Crippen molar-refractivity contribution >= 4 is 17.6 Å². The molecular formula is C27H26N2O2. The number of rotatable bonds is 5. The van der Waals surface area contributed by atoms with E-state index >= 15 is 0 Å². The predicted molar refractivity (Wildman–Crippen MR) is 124 cm³/mol. The van der Waals surface area contributed by atoms with Gasteiger partial charge in [-0.2, -0.15) is 0 Å². The minimum Gasteiger partial charge on any atom is -0.367 e. The first-order valence-corrected chi connectivity index (χ1v) is 10.4. The lowest BCUT2D eigenvalue weighted by atomic mass is 9.94. The normalized spacial score (nSPS) is 13.5. The van der Waals surface area contributed by atoms with Gasteiger partial charge in [0.15, 0.2) is 0 Å². The highest BCUT2D eigenvalue weighted by Gasteiger charge is 2.21. The number of allylic oxidation sites excluding steroid dienone is 1. The van der Waals surface area contributed by atoms with Gasteiger partial charge >= 0.3 is 0 Å². The molecule has 0 radical (unpaired) electrons. The van der Waals surface area contributed by atoms with E-state index in [0.717, 1.165) is 40.9 Å². The molecule has 0 spiro atoms. The second-order valence-corrected chi connectivity index (χ2v) is 7.88. The summed E-state index contributed by atoms with van der Waals surface area (Å²) >= 11 is 0. The van der Waals surface area contributed by atoms with Crippen LogP contribution in [0.3, 0.4) is 0 Å². The summed E-state index contributed by atoms with van der Waals surface area (Å²) in [5.41, 5.74) is 9.98. The van der Waals surface area contributed by atoms with Gasteiger partial charge in [0.1, 0.15) is 0 Å². The van der Waals surface area contributed by atoms with Crippen LogP contribution in [0.2, 0.25) is 0 Å². The van der Waals surface area contributed by atoms with E-state index in [1.54, 1.807) is 11.5 Å². The average molecular weight is 411 g/mol. The Hall–Kier alpha value is -3.63. The molecule has 1 aliphatic rings. The fourth-order valence-corrected chi connectivity index (χ4v) is 3.94. The van der Waals surface area contributed by atoms with Crippen LogP contribution in [-0.4, -0.2) is 22.6 Å². The summed E-state index contributed by atoms with van der Waals surface area (Å²) in [5.74, 6) is -0.497. The van der Waals surface area contributed by atoms with Crippen LogP contribution in [0.1, 0.15) is 38.2 Å². The van der Waals surface area contributed by atoms with Gasteiger partial charge in [-0.3, -0.25) is 10.0 Å². The second kappa shape index (κ2) is 9.02. The smallest absolute Gasteiger partial charge is 0.274 e. The van der Waals surface area contributed by atoms with Crippen LogP contribution in [-0.2, 0) is 13.0 Å². The number of fused-ring (bicyclic) bond motifs is 1. The molecule has 156 valence electrons. The Morgan fingerprint density at radius 3 is 2.45 bits per heavy atom. The Balaban J connectivity index is 1.66. The van der Waals surface area contributed by atoms with Gasteiger partial charge in [-0.15, -0.1) is 0 Å². The van der Waals surface area contributed by atoms with Crippen LogP contribution in [0.25, 0.3) is 11.6 Å². The minimum atomic E-state index is -0.497. The number of hydroxylamine groups is 1. The highest BCUT2D eigenvalue weighted by atomic mass is 16.5. The highest BCUT2D eigenvalue weighted by Crippen LogP contribution is 2.31. The van der Waals surface area contributed by atoms with Gasteiger partial charge in [-0.05, 0) is 53.8 Å². The zero-order valence-corrected chi connectivity index (χ0v) is 17.6. The summed E-state index contributed by atoms with van der Waals surface area (Å²) in [6.45, 7) is 8.06. The molecule has 1 heterocycles. The third-order valence-electron chi connectivity index (χ3n) is 5.75. The van der Waals surface area contributed by atoms with Crippen LogP contribution in [0.5, 0.6) is 0 Å². The number of amides is 1. The van der Waals surface area contributed by atoms with Crippen molar-refractivity contribution in [3.63, 3.8) is 0 Å². The third kappa shape index (κ3) is 4.60. The fraction of sp³-hybridized carbons (Fsp3) is 0.148. The number of carbonyl (C=O) groups excluding carboxylic acids is 1. The lowest BCUT2D eigenvalue weighted by Gasteiger charge is -2.33. The van der Waals surface area contributed by atoms with Crippen LogP contribution in [0.4, 0.5) is 0 Å². The summed E-state index contributed by atoms with van der Waals surface area (Å²) in [6, 6.07) is 24.3. The number of aryl methyl sites for hydroxylation is 1. The Morgan fingerprint density at radius 1 is 1.00 bits per heavy atom. The molecule has 0 fully saturated rings. The van der Waals surface area contributed by atoms with Crippen LogP contribution in [0.15, 0.2) is 85.1 Å². The SMILES string of the molecule is C=C(/C(=C/c1ccc(C)cc1)c1ccccc1)N1CCc2ccc(C(=O)NO)cc2C1. The number of nitrogens with one attached hydrogen (secondary N) is 1. The fourth-order valence-electron chi connectivity index (χ4n) is 3.94. The van der Waals surface area contributed by atoms with Gasteiger partial charge in [0.25, 0.3) is 5.91 Å². The molecule has 4 heteroatoms. The molecule has 0 saturated carbocycles. The molecule has 4 nitrogen and oxygen atoms in total. The number of hydrogen-bond donors (Lipinski definition) is 2. The molecule has 0 saturated heterocycles. The van der Waals surface area contributed by atoms with E-state index in [1.165, 1.54) is 11.1 Å². The number of benzene rings is 3. The molecule has 3 aromatic rings. The molecule has 0 bridgehead atoms. The maximum absolute atomic E-state index is 11.8. The van der Waals surface area contributed by atoms with Crippen molar-refractivity contribution in [3.05, 3.63) is 118 Å². The Bertz CT molecular complexity index is 1130. The average Bonchev–Trinajstić information content (AvgIpc) is 2.82. The van der Waals surface area contributed by atoms with Gasteiger partial charge in [0.05, 0.1) is 0 Å². The van der Waals surface area contributed by atoms with Crippen molar-refractivity contribution in [1.29, 1.82) is 0 Å². The summed E-state index contributed by atoms with van der Waals surface area (Å²) in [6.07, 6.45) is 3.06. The maximum atomic E-state index is 11.8. The van der Waals surface area contributed by atoms with E-state index in [2.05, 4.69) is 60.9 Å². The molecule has 0 aromatic heterocycles. The van der Waals surface area contributed by atoms with Gasteiger partial charge < -0.3 is 4.90 Å². The van der Waals surface area contributed by atoms with Crippen LogP contribution < -0.4 is 5.48 Å². The van der Waals surface area contributed by atoms with Crippen molar-refractivity contribution in [1.82, 2.24) is 10.4 Å². The zero-order valence-electron chi connectivity index (χ0n) is 17.6. The van der Waals surface area contributed by atoms with E-state index in [0.29, 0.717) is 12.1 Å². The van der Waals surface area contributed by atoms with Crippen molar-refractivity contribution in [2.45, 2.75) is 19.9 Å². The quantitative estimate of drug-likeness (QED) is 0.262. The lowest BCUT2D eigenvalue weighted by Crippen LogP contribution is -2.30. The molecule has 1 aliphatic heterocycles. The van der Waals surface area contributed by atoms with E-state index in [-0.39, 0.29) is 0 Å². The monoisotopic (exact) mass is 410 g/mol. The molecule has 2 N–H and O–H groups in total. The maximum Gasteiger partial charge on any atom is 0.274 e. The van der Waals surface area contributed by atoms with Gasteiger partial charge in [-0.25, -0.2) is 5.48 Å². The Morgan fingerprint density at radius 2 is 1.74 bits per heavy atom. The van der Waals surface area contributed by atoms with Gasteiger partial charge in [-0.1, -0.05) is 72.8 Å². The summed E-state index contributed by atoms with van der Waals surface area (Å²) in [5, 5.41) is 8.96. The Kier molecular flexibility index (Phi) is 6.01. The summed E-state index contributed by atoms with van der Waals surface area (Å²) in [7, 11) is 0. The zero-order chi connectivity index (χ0) is 21.8. The number of nitrogens with zero attached hydrogens (tertiary/aromatic N) is 1. The second-order valence-electron chi connectivity index (χ2n) is 7.88. The lowest BCUT2D eigenvalue weighted by molar-refractivity contribution is 0.0706. The number of carbonyl (C=O) groups is 1. The summed E-state index contributed by atoms with van der Waals surface area (Å²) in [4.78, 5) is 14.1. The van der Waals surface area contributed by atoms with E-state index < -0.39 is 5.91 Å². The van der Waals surface area contributed by atoms with E-state index in [1.807, 2.05) is 30.3 Å². The van der Waals surface area contributed by atoms with Crippen LogP contribution in [0, 0.1) is 6.92 Å². The molecule has 0 aliphatic carbocycles. The molecule has 0 unspecified atom stereocenters. The first-order chi connectivity index (χ1) is 15.0. The molecular weight excluding hydrogens is 384 g/mol. The molecule has 31 heavy (non-hydrogen) atoms. The summed E-state index contributed by atoms with van der Waals surface area (Å²) < 4.78 is 0. The van der Waals surface area contributed by atoms with E-state index in [9.17, 15) is 4.79 Å². The first kappa shape index (κ1) is 20.6. The standard InChI is InChI=1S/C27H26N2O2/c1-19-8-10-21(11-9-19)16-26(23-6-4-3-5-7-23)20(2)29-15-14-22-12-13-24(27(30)28-31)17-25(22)18-29/h3-13,16-17,31H,2,14-15,18H2,1H3,(H,28,30)/b26-16-.